The minimum atomic E-state index is -0.575. The molecule has 1 aromatic heterocycles. The molecule has 102 valence electrons. The Bertz CT molecular complexity index is 422. The van der Waals surface area contributed by atoms with Crippen LogP contribution in [-0.4, -0.2) is 11.7 Å². The molecule has 18 heavy (non-hydrogen) atoms. The lowest BCUT2D eigenvalue weighted by atomic mass is 10.1. The summed E-state index contributed by atoms with van der Waals surface area (Å²) in [5.41, 5.74) is -0.506. The van der Waals surface area contributed by atoms with E-state index >= 15 is 0 Å². The molecule has 0 aliphatic carbocycles. The van der Waals surface area contributed by atoms with Crippen LogP contribution in [0.15, 0.2) is 16.5 Å². The lowest BCUT2D eigenvalue weighted by Gasteiger charge is -2.28. The number of carbonyl (C=O) groups excluding carboxylic acids is 1. The molecule has 1 amide bonds. The molecule has 1 heterocycles. The second-order valence-electron chi connectivity index (χ2n) is 5.19. The van der Waals surface area contributed by atoms with Crippen molar-refractivity contribution < 1.29 is 13.9 Å². The highest BCUT2D eigenvalue weighted by Crippen LogP contribution is 2.34. The molecule has 0 saturated carbocycles. The number of furan rings is 1. The van der Waals surface area contributed by atoms with Crippen molar-refractivity contribution >= 4 is 28.7 Å². The second-order valence-corrected chi connectivity index (χ2v) is 7.03. The van der Waals surface area contributed by atoms with Gasteiger partial charge in [-0.25, -0.2) is 4.79 Å². The minimum absolute atomic E-state index is 0.437. The summed E-state index contributed by atoms with van der Waals surface area (Å²) in [5.74, 6) is 1.56. The van der Waals surface area contributed by atoms with Crippen LogP contribution in [0.1, 0.15) is 45.6 Å². The van der Waals surface area contributed by atoms with Crippen LogP contribution in [0.5, 0.6) is 0 Å². The number of carbonyl (C=O) groups is 1. The van der Waals surface area contributed by atoms with Gasteiger partial charge in [0.15, 0.2) is 3.55 Å². The van der Waals surface area contributed by atoms with E-state index in [-0.39, 0.29) is 0 Å². The number of alkyl halides is 1. The highest BCUT2D eigenvalue weighted by molar-refractivity contribution is 14.1. The molecule has 1 rings (SSSR count). The third-order valence-electron chi connectivity index (χ3n) is 2.32. The molecule has 0 saturated heterocycles. The summed E-state index contributed by atoms with van der Waals surface area (Å²) < 4.78 is 10.3. The molecule has 0 radical (unpaired) electrons. The van der Waals surface area contributed by atoms with Gasteiger partial charge in [-0.05, 0) is 68.8 Å². The van der Waals surface area contributed by atoms with Gasteiger partial charge in [-0.2, -0.15) is 0 Å². The SMILES string of the molecule is CC[C@](I)(NC(=O)OC(C)(C)C)c1ccc(C)o1. The van der Waals surface area contributed by atoms with Crippen molar-refractivity contribution in [3.8, 4) is 0 Å². The number of amides is 1. The summed E-state index contributed by atoms with van der Waals surface area (Å²) in [6.45, 7) is 9.38. The molecular formula is C13H20INO3. The van der Waals surface area contributed by atoms with Crippen LogP contribution >= 0.6 is 22.6 Å². The summed E-state index contributed by atoms with van der Waals surface area (Å²) in [6, 6.07) is 3.76. The van der Waals surface area contributed by atoms with E-state index < -0.39 is 15.2 Å². The number of ether oxygens (including phenoxy) is 1. The molecule has 1 N–H and O–H groups in total. The first kappa shape index (κ1) is 15.3. The van der Waals surface area contributed by atoms with Crippen molar-refractivity contribution in [1.82, 2.24) is 5.32 Å². The normalized spacial score (nSPS) is 15.0. The van der Waals surface area contributed by atoms with Crippen LogP contribution in [0.2, 0.25) is 0 Å². The van der Waals surface area contributed by atoms with Crippen LogP contribution in [0.25, 0.3) is 0 Å². The molecule has 0 aromatic carbocycles. The van der Waals surface area contributed by atoms with Crippen LogP contribution in [0, 0.1) is 6.92 Å². The van der Waals surface area contributed by atoms with E-state index in [9.17, 15) is 4.79 Å². The maximum atomic E-state index is 11.8. The van der Waals surface area contributed by atoms with Gasteiger partial charge in [0, 0.05) is 0 Å². The largest absolute Gasteiger partial charge is 0.463 e. The van der Waals surface area contributed by atoms with E-state index in [0.29, 0.717) is 6.42 Å². The quantitative estimate of drug-likeness (QED) is 0.498. The van der Waals surface area contributed by atoms with Gasteiger partial charge >= 0.3 is 6.09 Å². The third-order valence-corrected chi connectivity index (χ3v) is 3.88. The number of halogens is 1. The topological polar surface area (TPSA) is 51.5 Å². The Hall–Kier alpha value is -0.720. The van der Waals surface area contributed by atoms with E-state index in [0.717, 1.165) is 11.5 Å². The number of hydrogen-bond donors (Lipinski definition) is 1. The fraction of sp³-hybridized carbons (Fsp3) is 0.615. The molecule has 5 heteroatoms. The van der Waals surface area contributed by atoms with Gasteiger partial charge in [0.25, 0.3) is 0 Å². The maximum absolute atomic E-state index is 11.8. The number of alkyl carbamates (subject to hydrolysis) is 1. The van der Waals surface area contributed by atoms with Gasteiger partial charge in [0.2, 0.25) is 0 Å². The zero-order valence-corrected chi connectivity index (χ0v) is 13.6. The maximum Gasteiger partial charge on any atom is 0.409 e. The summed E-state index contributed by atoms with van der Waals surface area (Å²) in [4.78, 5) is 11.8. The van der Waals surface area contributed by atoms with Gasteiger partial charge in [-0.1, -0.05) is 6.92 Å². The van der Waals surface area contributed by atoms with Crippen molar-refractivity contribution in [2.75, 3.05) is 0 Å². The molecule has 0 bridgehead atoms. The molecule has 1 atom stereocenters. The highest BCUT2D eigenvalue weighted by atomic mass is 127. The van der Waals surface area contributed by atoms with Crippen molar-refractivity contribution in [3.05, 3.63) is 23.7 Å². The average Bonchev–Trinajstić information content (AvgIpc) is 2.62. The van der Waals surface area contributed by atoms with Crippen molar-refractivity contribution in [2.45, 2.75) is 50.2 Å². The monoisotopic (exact) mass is 365 g/mol. The number of aryl methyl sites for hydroxylation is 1. The molecule has 0 aliphatic rings. The summed E-state index contributed by atoms with van der Waals surface area (Å²) in [6.07, 6.45) is 0.271. The second kappa shape index (κ2) is 5.50. The van der Waals surface area contributed by atoms with E-state index in [1.807, 2.05) is 46.8 Å². The lowest BCUT2D eigenvalue weighted by Crippen LogP contribution is -2.43. The fourth-order valence-electron chi connectivity index (χ4n) is 1.44. The fourth-order valence-corrected chi connectivity index (χ4v) is 1.95. The summed E-state index contributed by atoms with van der Waals surface area (Å²) in [7, 11) is 0. The molecule has 1 aromatic rings. The molecular weight excluding hydrogens is 345 g/mol. The standard InChI is InChI=1S/C13H20INO3/c1-6-13(14,10-8-7-9(2)17-10)15-11(16)18-12(3,4)5/h7-8H,6H2,1-5H3,(H,15,16)/t13-/m0/s1. The molecule has 0 spiro atoms. The molecule has 4 nitrogen and oxygen atoms in total. The zero-order chi connectivity index (χ0) is 14.0. The predicted octanol–water partition coefficient (Wildman–Crippen LogP) is 4.11. The number of nitrogens with one attached hydrogen (secondary N) is 1. The molecule has 0 unspecified atom stereocenters. The van der Waals surface area contributed by atoms with E-state index in [2.05, 4.69) is 27.9 Å². The first-order valence-electron chi connectivity index (χ1n) is 5.93. The Balaban J connectivity index is 2.81. The van der Waals surface area contributed by atoms with Crippen LogP contribution in [0.3, 0.4) is 0 Å². The van der Waals surface area contributed by atoms with Crippen molar-refractivity contribution in [1.29, 1.82) is 0 Å². The molecule has 0 aliphatic heterocycles. The Morgan fingerprint density at radius 3 is 2.44 bits per heavy atom. The Morgan fingerprint density at radius 2 is 2.06 bits per heavy atom. The van der Waals surface area contributed by atoms with Crippen LogP contribution in [-0.2, 0) is 8.28 Å². The van der Waals surface area contributed by atoms with Crippen LogP contribution < -0.4 is 5.32 Å². The zero-order valence-electron chi connectivity index (χ0n) is 11.5. The average molecular weight is 365 g/mol. The van der Waals surface area contributed by atoms with Crippen LogP contribution in [0.4, 0.5) is 4.79 Å². The van der Waals surface area contributed by atoms with Gasteiger partial charge < -0.3 is 9.15 Å². The van der Waals surface area contributed by atoms with E-state index in [4.69, 9.17) is 9.15 Å². The van der Waals surface area contributed by atoms with Gasteiger partial charge in [-0.3, -0.25) is 5.32 Å². The third kappa shape index (κ3) is 4.19. The Morgan fingerprint density at radius 1 is 1.44 bits per heavy atom. The summed E-state index contributed by atoms with van der Waals surface area (Å²) >= 11 is 2.18. The molecule has 0 fully saturated rings. The Kier molecular flexibility index (Phi) is 4.69. The van der Waals surface area contributed by atoms with Gasteiger partial charge in [0.1, 0.15) is 17.1 Å². The smallest absolute Gasteiger partial charge is 0.409 e. The Labute approximate surface area is 122 Å². The van der Waals surface area contributed by atoms with E-state index in [1.165, 1.54) is 0 Å². The first-order chi connectivity index (χ1) is 8.16. The van der Waals surface area contributed by atoms with Crippen molar-refractivity contribution in [3.63, 3.8) is 0 Å². The van der Waals surface area contributed by atoms with E-state index in [1.54, 1.807) is 0 Å². The predicted molar refractivity (Wildman–Crippen MR) is 78.8 cm³/mol. The first-order valence-corrected chi connectivity index (χ1v) is 7.01. The number of hydrogen-bond acceptors (Lipinski definition) is 3. The lowest BCUT2D eigenvalue weighted by molar-refractivity contribution is 0.0488. The van der Waals surface area contributed by atoms with Gasteiger partial charge in [-0.15, -0.1) is 0 Å². The highest BCUT2D eigenvalue weighted by Gasteiger charge is 2.33. The summed E-state index contributed by atoms with van der Waals surface area (Å²) in [5, 5.41) is 2.86. The van der Waals surface area contributed by atoms with Gasteiger partial charge in [0.05, 0.1) is 0 Å². The van der Waals surface area contributed by atoms with Crippen molar-refractivity contribution in [2.24, 2.45) is 0 Å². The minimum Gasteiger partial charge on any atom is -0.463 e. The number of rotatable bonds is 3.